The summed E-state index contributed by atoms with van der Waals surface area (Å²) in [6, 6.07) is 0. The maximum Gasteiger partial charge on any atom is 0.210 e. The molecule has 4 rings (SSSR count). The molecule has 0 bridgehead atoms. The maximum atomic E-state index is 12.9. The summed E-state index contributed by atoms with van der Waals surface area (Å²) in [5, 5.41) is 41.5. The van der Waals surface area contributed by atoms with Gasteiger partial charge in [0.05, 0.1) is 35.5 Å². The Hall–Kier alpha value is -3.44. The van der Waals surface area contributed by atoms with Crippen LogP contribution >= 0.6 is 46.4 Å². The van der Waals surface area contributed by atoms with Gasteiger partial charge in [-0.25, -0.2) is 0 Å². The van der Waals surface area contributed by atoms with Gasteiger partial charge in [-0.3, -0.25) is 19.2 Å². The van der Waals surface area contributed by atoms with Gasteiger partial charge in [-0.15, -0.1) is 0 Å². The van der Waals surface area contributed by atoms with Gasteiger partial charge in [0.1, 0.15) is 31.6 Å². The molecule has 2 aromatic carbocycles. The summed E-state index contributed by atoms with van der Waals surface area (Å²) in [4.78, 5) is 51.3. The van der Waals surface area contributed by atoms with Crippen LogP contribution in [0.2, 0.25) is 0 Å². The molecule has 2 aliphatic rings. The summed E-state index contributed by atoms with van der Waals surface area (Å²) >= 11 is 23.5. The number of halogens is 4. The number of allylic oxidation sites excluding steroid dienone is 4. The van der Waals surface area contributed by atoms with Crippen LogP contribution in [-0.2, 0) is 6.42 Å². The third kappa shape index (κ3) is 4.10. The first-order valence-corrected chi connectivity index (χ1v) is 12.6. The van der Waals surface area contributed by atoms with Gasteiger partial charge in [-0.05, 0) is 13.8 Å². The zero-order chi connectivity index (χ0) is 29.1. The van der Waals surface area contributed by atoms with Crippen molar-refractivity contribution in [3.05, 3.63) is 53.5 Å². The third-order valence-electron chi connectivity index (χ3n) is 6.02. The third-order valence-corrected chi connectivity index (χ3v) is 7.66. The smallest absolute Gasteiger partial charge is 0.210 e. The highest BCUT2D eigenvalue weighted by atomic mass is 35.5. The van der Waals surface area contributed by atoms with E-state index in [1.807, 2.05) is 0 Å². The Labute approximate surface area is 239 Å². The minimum absolute atomic E-state index is 0.100. The van der Waals surface area contributed by atoms with Gasteiger partial charge in [0, 0.05) is 17.5 Å². The van der Waals surface area contributed by atoms with Crippen molar-refractivity contribution >= 4 is 69.5 Å². The van der Waals surface area contributed by atoms with E-state index in [1.54, 1.807) is 0 Å². The summed E-state index contributed by atoms with van der Waals surface area (Å²) in [5.74, 6) is -8.66. The molecule has 2 aromatic rings. The standard InChI is InChI=1S/C25H16Cl4O10/c1-3-38-24-6(16(30)8-10(22(24)36)20(34)14(28)12(26)18(8)32)5-7-17(31)9-11(23(37)25(7)39-4-2)21(35)15(29)13(27)19(9)33/h30-31,36-37H,3-5H2,1-2H3. The predicted molar refractivity (Wildman–Crippen MR) is 139 cm³/mol. The zero-order valence-corrected chi connectivity index (χ0v) is 22.9. The number of ether oxygens (including phenoxy) is 2. The van der Waals surface area contributed by atoms with E-state index < -0.39 is 106 Å². The van der Waals surface area contributed by atoms with Crippen LogP contribution in [0.25, 0.3) is 0 Å². The highest BCUT2D eigenvalue weighted by molar-refractivity contribution is 6.60. The summed E-state index contributed by atoms with van der Waals surface area (Å²) in [6.45, 7) is 2.84. The molecule has 39 heavy (non-hydrogen) atoms. The average molecular weight is 618 g/mol. The molecule has 0 heterocycles. The van der Waals surface area contributed by atoms with Crippen molar-refractivity contribution in [1.29, 1.82) is 0 Å². The van der Waals surface area contributed by atoms with Crippen molar-refractivity contribution in [1.82, 2.24) is 0 Å². The SMILES string of the molecule is CCOc1c(O)c2c(c(O)c1Cc1c(O)c3c(c(O)c1OCC)C(=O)C(Cl)=C(Cl)C3=O)C(=O)C(Cl)=C(Cl)C2=O. The van der Waals surface area contributed by atoms with Gasteiger partial charge in [-0.2, -0.15) is 0 Å². The molecule has 0 saturated carbocycles. The van der Waals surface area contributed by atoms with E-state index in [0.717, 1.165) is 0 Å². The van der Waals surface area contributed by atoms with Crippen LogP contribution in [0.15, 0.2) is 20.1 Å². The van der Waals surface area contributed by atoms with Gasteiger partial charge in [0.2, 0.25) is 23.1 Å². The molecule has 0 aromatic heterocycles. The number of phenols is 4. The highest BCUT2D eigenvalue weighted by Crippen LogP contribution is 2.53. The van der Waals surface area contributed by atoms with Crippen molar-refractivity contribution in [2.75, 3.05) is 13.2 Å². The summed E-state index contributed by atoms with van der Waals surface area (Å²) in [7, 11) is 0. The normalized spacial score (nSPS) is 15.1. The van der Waals surface area contributed by atoms with Crippen LogP contribution in [0, 0.1) is 0 Å². The minimum atomic E-state index is -1.08. The second-order valence-corrected chi connectivity index (χ2v) is 9.64. The Morgan fingerprint density at radius 2 is 0.769 bits per heavy atom. The maximum absolute atomic E-state index is 12.9. The lowest BCUT2D eigenvalue weighted by Crippen LogP contribution is -2.21. The first-order valence-electron chi connectivity index (χ1n) is 11.1. The number of benzene rings is 2. The van der Waals surface area contributed by atoms with E-state index in [1.165, 1.54) is 13.8 Å². The number of rotatable bonds is 6. The number of Topliss-reactive ketones (excluding diaryl/α,β-unsaturated/α-hetero) is 4. The number of hydrogen-bond donors (Lipinski definition) is 4. The van der Waals surface area contributed by atoms with Gasteiger partial charge in [-0.1, -0.05) is 46.4 Å². The largest absolute Gasteiger partial charge is 0.507 e. The number of ketones is 4. The first kappa shape index (κ1) is 28.6. The molecular formula is C25H16Cl4O10. The molecule has 0 spiro atoms. The lowest BCUT2D eigenvalue weighted by molar-refractivity contribution is 0.0980. The van der Waals surface area contributed by atoms with E-state index in [4.69, 9.17) is 55.9 Å². The highest BCUT2D eigenvalue weighted by Gasteiger charge is 2.42. The Morgan fingerprint density at radius 1 is 0.513 bits per heavy atom. The van der Waals surface area contributed by atoms with Crippen molar-refractivity contribution in [2.24, 2.45) is 0 Å². The molecular weight excluding hydrogens is 602 g/mol. The van der Waals surface area contributed by atoms with Crippen molar-refractivity contribution in [2.45, 2.75) is 20.3 Å². The van der Waals surface area contributed by atoms with Crippen molar-refractivity contribution in [3.8, 4) is 34.5 Å². The molecule has 0 atom stereocenters. The Morgan fingerprint density at radius 3 is 1.03 bits per heavy atom. The Kier molecular flexibility index (Phi) is 7.52. The molecule has 0 amide bonds. The first-order chi connectivity index (χ1) is 18.3. The summed E-state index contributed by atoms with van der Waals surface area (Å²) in [5.41, 5.74) is -3.41. The molecule has 0 unspecified atom stereocenters. The molecule has 0 aliphatic heterocycles. The molecule has 0 saturated heterocycles. The molecule has 0 radical (unpaired) electrons. The number of carbonyl (C=O) groups is 4. The van der Waals surface area contributed by atoms with Gasteiger partial charge >= 0.3 is 0 Å². The topological polar surface area (TPSA) is 168 Å². The molecule has 0 fully saturated rings. The number of phenolic OH excluding ortho intramolecular Hbond substituents is 4. The quantitative estimate of drug-likeness (QED) is 0.322. The van der Waals surface area contributed by atoms with E-state index in [-0.39, 0.29) is 24.3 Å². The second-order valence-electron chi connectivity index (χ2n) is 8.13. The Bertz CT molecular complexity index is 1490. The average Bonchev–Trinajstić information content (AvgIpc) is 2.90. The van der Waals surface area contributed by atoms with E-state index in [9.17, 15) is 39.6 Å². The van der Waals surface area contributed by atoms with Crippen LogP contribution in [0.3, 0.4) is 0 Å². The monoisotopic (exact) mass is 616 g/mol. The van der Waals surface area contributed by atoms with Gasteiger partial charge in [0.25, 0.3) is 0 Å². The van der Waals surface area contributed by atoms with Crippen LogP contribution in [0.4, 0.5) is 0 Å². The minimum Gasteiger partial charge on any atom is -0.507 e. The van der Waals surface area contributed by atoms with Crippen LogP contribution in [-0.4, -0.2) is 56.8 Å². The summed E-state index contributed by atoms with van der Waals surface area (Å²) < 4.78 is 10.9. The van der Waals surface area contributed by atoms with E-state index in [2.05, 4.69) is 0 Å². The van der Waals surface area contributed by atoms with Crippen LogP contribution in [0.1, 0.15) is 66.4 Å². The molecule has 4 N–H and O–H groups in total. The molecule has 2 aliphatic carbocycles. The van der Waals surface area contributed by atoms with E-state index >= 15 is 0 Å². The predicted octanol–water partition coefficient (Wildman–Crippen LogP) is 5.03. The van der Waals surface area contributed by atoms with E-state index in [0.29, 0.717) is 0 Å². The second kappa shape index (κ2) is 10.3. The number of hydrogen-bond acceptors (Lipinski definition) is 10. The van der Waals surface area contributed by atoms with Crippen molar-refractivity contribution in [3.63, 3.8) is 0 Å². The van der Waals surface area contributed by atoms with Gasteiger partial charge < -0.3 is 29.9 Å². The molecule has 10 nitrogen and oxygen atoms in total. The molecule has 14 heteroatoms. The fraction of sp³-hybridized carbons (Fsp3) is 0.200. The zero-order valence-electron chi connectivity index (χ0n) is 19.9. The fourth-order valence-corrected chi connectivity index (χ4v) is 5.05. The number of aromatic hydroxyl groups is 4. The number of carbonyl (C=O) groups excluding carboxylic acids is 4. The van der Waals surface area contributed by atoms with Crippen LogP contribution < -0.4 is 9.47 Å². The fourth-order valence-electron chi connectivity index (χ4n) is 4.33. The summed E-state index contributed by atoms with van der Waals surface area (Å²) in [6.07, 6.45) is -0.670. The lowest BCUT2D eigenvalue weighted by Gasteiger charge is -2.25. The number of fused-ring (bicyclic) bond motifs is 2. The Balaban J connectivity index is 2.07. The lowest BCUT2D eigenvalue weighted by atomic mass is 9.85. The molecule has 204 valence electrons. The van der Waals surface area contributed by atoms with Crippen molar-refractivity contribution < 1.29 is 49.1 Å². The van der Waals surface area contributed by atoms with Crippen LogP contribution in [0.5, 0.6) is 34.5 Å². The van der Waals surface area contributed by atoms with Gasteiger partial charge in [0.15, 0.2) is 23.0 Å².